The molecule has 0 aromatic carbocycles. The number of carbonyl (C=O) groups excluding carboxylic acids is 1. The average Bonchev–Trinajstić information content (AvgIpc) is 3.04. The third-order valence-corrected chi connectivity index (χ3v) is 3.85. The lowest BCUT2D eigenvalue weighted by Crippen LogP contribution is -2.34. The number of amides is 1. The maximum absolute atomic E-state index is 11.7. The van der Waals surface area contributed by atoms with Crippen LogP contribution in [0.4, 0.5) is 0 Å². The van der Waals surface area contributed by atoms with Gasteiger partial charge in [-0.3, -0.25) is 9.89 Å². The Hall–Kier alpha value is -1.41. The first kappa shape index (κ1) is 13.0. The quantitative estimate of drug-likeness (QED) is 0.759. The van der Waals surface area contributed by atoms with E-state index in [1.54, 1.807) is 6.07 Å². The van der Waals surface area contributed by atoms with Crippen LogP contribution in [0.25, 0.3) is 0 Å². The van der Waals surface area contributed by atoms with Gasteiger partial charge in [0.1, 0.15) is 0 Å². The summed E-state index contributed by atoms with van der Waals surface area (Å²) in [7, 11) is -2.27. The highest BCUT2D eigenvalue weighted by molar-refractivity contribution is 7.90. The van der Waals surface area contributed by atoms with Gasteiger partial charge in [0.25, 0.3) is 5.91 Å². The monoisotopic (exact) mass is 273 g/mol. The van der Waals surface area contributed by atoms with Gasteiger partial charge < -0.3 is 4.74 Å². The number of aromatic amines is 1. The Morgan fingerprint density at radius 2 is 2.33 bits per heavy atom. The van der Waals surface area contributed by atoms with Crippen molar-refractivity contribution >= 4 is 15.9 Å². The van der Waals surface area contributed by atoms with Crippen molar-refractivity contribution in [3.63, 3.8) is 0 Å². The van der Waals surface area contributed by atoms with E-state index in [2.05, 4.69) is 14.9 Å². The fourth-order valence-corrected chi connectivity index (χ4v) is 2.37. The number of hydrogen-bond acceptors (Lipinski definition) is 5. The second kappa shape index (κ2) is 5.07. The largest absolute Gasteiger partial charge is 0.384 e. The molecule has 0 aliphatic heterocycles. The minimum Gasteiger partial charge on any atom is -0.384 e. The van der Waals surface area contributed by atoms with Crippen LogP contribution in [0.15, 0.2) is 6.07 Å². The highest BCUT2D eigenvalue weighted by Crippen LogP contribution is 2.38. The molecule has 0 atom stereocenters. The van der Waals surface area contributed by atoms with Crippen molar-refractivity contribution < 1.29 is 17.9 Å². The minimum atomic E-state index is -3.66. The first-order chi connectivity index (χ1) is 8.52. The van der Waals surface area contributed by atoms with Gasteiger partial charge in [0, 0.05) is 18.7 Å². The molecular formula is C10H15N3O4S. The van der Waals surface area contributed by atoms with Crippen LogP contribution < -0.4 is 4.72 Å². The van der Waals surface area contributed by atoms with E-state index in [0.29, 0.717) is 5.92 Å². The molecule has 18 heavy (non-hydrogen) atoms. The molecule has 0 radical (unpaired) electrons. The van der Waals surface area contributed by atoms with Crippen LogP contribution in [0, 0.1) is 0 Å². The summed E-state index contributed by atoms with van der Waals surface area (Å²) < 4.78 is 29.6. The summed E-state index contributed by atoms with van der Waals surface area (Å²) in [5, 5.41) is 6.56. The van der Waals surface area contributed by atoms with Crippen molar-refractivity contribution in [1.82, 2.24) is 14.9 Å². The number of carbonyl (C=O) groups is 1. The van der Waals surface area contributed by atoms with E-state index >= 15 is 0 Å². The van der Waals surface area contributed by atoms with Crippen molar-refractivity contribution in [3.05, 3.63) is 17.5 Å². The average molecular weight is 273 g/mol. The molecule has 1 amide bonds. The molecule has 0 spiro atoms. The number of H-pyrrole nitrogens is 1. The summed E-state index contributed by atoms with van der Waals surface area (Å²) in [4.78, 5) is 11.7. The zero-order valence-corrected chi connectivity index (χ0v) is 10.8. The first-order valence-electron chi connectivity index (χ1n) is 5.61. The van der Waals surface area contributed by atoms with E-state index < -0.39 is 15.9 Å². The number of hydrogen-bond donors (Lipinski definition) is 2. The number of aromatic nitrogens is 2. The topological polar surface area (TPSA) is 101 Å². The van der Waals surface area contributed by atoms with Crippen LogP contribution in [0.1, 0.15) is 34.9 Å². The van der Waals surface area contributed by atoms with Crippen molar-refractivity contribution in [1.29, 1.82) is 0 Å². The summed E-state index contributed by atoms with van der Waals surface area (Å²) >= 11 is 0. The Bertz CT molecular complexity index is 533. The fraction of sp³-hybridized carbons (Fsp3) is 0.600. The van der Waals surface area contributed by atoms with E-state index in [9.17, 15) is 13.2 Å². The van der Waals surface area contributed by atoms with Crippen LogP contribution in [0.3, 0.4) is 0 Å². The van der Waals surface area contributed by atoms with Gasteiger partial charge in [-0.05, 0) is 18.9 Å². The second-order valence-electron chi connectivity index (χ2n) is 4.23. The molecule has 7 nitrogen and oxygen atoms in total. The lowest BCUT2D eigenvalue weighted by Gasteiger charge is -2.03. The lowest BCUT2D eigenvalue weighted by molar-refractivity contribution is 0.0976. The van der Waals surface area contributed by atoms with Gasteiger partial charge in [-0.1, -0.05) is 0 Å². The SMILES string of the molecule is COCCS(=O)(=O)NC(=O)c1cc(C2CC2)[nH]n1. The summed E-state index contributed by atoms with van der Waals surface area (Å²) in [5.74, 6) is -0.534. The van der Waals surface area contributed by atoms with E-state index in [0.717, 1.165) is 18.5 Å². The third kappa shape index (κ3) is 3.30. The van der Waals surface area contributed by atoms with Gasteiger partial charge in [-0.25, -0.2) is 13.1 Å². The Balaban J connectivity index is 1.97. The molecule has 8 heteroatoms. The van der Waals surface area contributed by atoms with E-state index in [4.69, 9.17) is 0 Å². The molecule has 1 aliphatic rings. The molecule has 1 saturated carbocycles. The fourth-order valence-electron chi connectivity index (χ4n) is 1.49. The van der Waals surface area contributed by atoms with Gasteiger partial charge >= 0.3 is 0 Å². The number of nitrogens with zero attached hydrogens (tertiary/aromatic N) is 1. The van der Waals surface area contributed by atoms with Crippen LogP contribution in [-0.2, 0) is 14.8 Å². The van der Waals surface area contributed by atoms with Crippen molar-refractivity contribution in [2.24, 2.45) is 0 Å². The smallest absolute Gasteiger partial charge is 0.285 e. The van der Waals surface area contributed by atoms with Crippen LogP contribution >= 0.6 is 0 Å². The Morgan fingerprint density at radius 1 is 1.61 bits per heavy atom. The predicted octanol–water partition coefficient (Wildman–Crippen LogP) is -0.00690. The highest BCUT2D eigenvalue weighted by atomic mass is 32.2. The molecule has 0 saturated heterocycles. The molecule has 0 unspecified atom stereocenters. The molecule has 2 N–H and O–H groups in total. The number of nitrogens with one attached hydrogen (secondary N) is 2. The Morgan fingerprint density at radius 3 is 2.94 bits per heavy atom. The Kier molecular flexibility index (Phi) is 3.67. The number of ether oxygens (including phenoxy) is 1. The van der Waals surface area contributed by atoms with E-state index in [-0.39, 0.29) is 18.1 Å². The number of methoxy groups -OCH3 is 1. The zero-order chi connectivity index (χ0) is 13.2. The number of sulfonamides is 1. The lowest BCUT2D eigenvalue weighted by atomic mass is 10.2. The van der Waals surface area contributed by atoms with Crippen molar-refractivity contribution in [2.45, 2.75) is 18.8 Å². The van der Waals surface area contributed by atoms with E-state index in [1.165, 1.54) is 7.11 Å². The zero-order valence-electron chi connectivity index (χ0n) is 9.97. The minimum absolute atomic E-state index is 0.0382. The van der Waals surface area contributed by atoms with Crippen LogP contribution in [0.5, 0.6) is 0 Å². The van der Waals surface area contributed by atoms with Crippen molar-refractivity contribution in [3.8, 4) is 0 Å². The molecule has 100 valence electrons. The summed E-state index contributed by atoms with van der Waals surface area (Å²) in [5.41, 5.74) is 0.979. The van der Waals surface area contributed by atoms with Gasteiger partial charge in [-0.15, -0.1) is 0 Å². The molecule has 2 rings (SSSR count). The summed E-state index contributed by atoms with van der Waals surface area (Å²) in [6.07, 6.45) is 2.16. The third-order valence-electron chi connectivity index (χ3n) is 2.65. The first-order valence-corrected chi connectivity index (χ1v) is 7.26. The molecule has 1 aliphatic carbocycles. The van der Waals surface area contributed by atoms with Gasteiger partial charge in [-0.2, -0.15) is 5.10 Å². The van der Waals surface area contributed by atoms with Gasteiger partial charge in [0.2, 0.25) is 10.0 Å². The van der Waals surface area contributed by atoms with Crippen molar-refractivity contribution in [2.75, 3.05) is 19.5 Å². The van der Waals surface area contributed by atoms with Crippen LogP contribution in [-0.4, -0.2) is 44.0 Å². The maximum Gasteiger partial charge on any atom is 0.285 e. The second-order valence-corrected chi connectivity index (χ2v) is 6.07. The number of rotatable bonds is 6. The van der Waals surface area contributed by atoms with Crippen LogP contribution in [0.2, 0.25) is 0 Å². The standard InChI is InChI=1S/C10H15N3O4S/c1-17-4-5-18(15,16)13-10(14)9-6-8(11-12-9)7-2-3-7/h6-7H,2-5H2,1H3,(H,11,12)(H,13,14). The maximum atomic E-state index is 11.7. The predicted molar refractivity (Wildman–Crippen MR) is 63.7 cm³/mol. The van der Waals surface area contributed by atoms with Gasteiger partial charge in [0.05, 0.1) is 12.4 Å². The van der Waals surface area contributed by atoms with E-state index in [1.807, 2.05) is 4.72 Å². The van der Waals surface area contributed by atoms with Gasteiger partial charge in [0.15, 0.2) is 5.69 Å². The molecule has 1 aromatic rings. The Labute approximate surface area is 105 Å². The normalized spacial score (nSPS) is 15.6. The summed E-state index contributed by atoms with van der Waals surface area (Å²) in [6.45, 7) is 0.0382. The molecular weight excluding hydrogens is 258 g/mol. The molecule has 1 fully saturated rings. The molecule has 1 heterocycles. The molecule has 0 bridgehead atoms. The highest BCUT2D eigenvalue weighted by Gasteiger charge is 2.27. The molecule has 1 aromatic heterocycles. The summed E-state index contributed by atoms with van der Waals surface area (Å²) in [6, 6.07) is 1.60.